The predicted molar refractivity (Wildman–Crippen MR) is 245 cm³/mol. The summed E-state index contributed by atoms with van der Waals surface area (Å²) in [7, 11) is 0. The summed E-state index contributed by atoms with van der Waals surface area (Å²) in [6.07, 6.45) is 5.00. The topological polar surface area (TPSA) is 6.48 Å². The van der Waals surface area contributed by atoms with Gasteiger partial charge in [0.2, 0.25) is 0 Å². The Morgan fingerprint density at radius 2 is 1.21 bits per heavy atom. The SMILES string of the molecule is CC(C)(C)c1ccc(N2c3cc(C(C)(C)C)cc4c3B(c3c2sc2ccccc32)N2c3c-4cc(C(C)(C)C)cc3C3(C)CCCCC23C)c(-c2ccccc2)c1. The molecule has 2 atom stereocenters. The second-order valence-electron chi connectivity index (χ2n) is 21.0. The van der Waals surface area contributed by atoms with Crippen LogP contribution >= 0.6 is 11.3 Å². The molecule has 0 spiro atoms. The number of rotatable bonds is 2. The van der Waals surface area contributed by atoms with E-state index in [1.165, 1.54) is 108 Å². The van der Waals surface area contributed by atoms with Gasteiger partial charge in [0.05, 0.1) is 10.7 Å². The quantitative estimate of drug-likeness (QED) is 0.163. The van der Waals surface area contributed by atoms with Crippen LogP contribution in [0.1, 0.15) is 124 Å². The summed E-state index contributed by atoms with van der Waals surface area (Å²) in [6.45, 7) is 26.8. The van der Waals surface area contributed by atoms with Crippen LogP contribution in [0.4, 0.5) is 22.1 Å². The lowest BCUT2D eigenvalue weighted by Crippen LogP contribution is -2.70. The molecule has 1 aliphatic carbocycles. The van der Waals surface area contributed by atoms with Crippen molar-refractivity contribution in [3.05, 3.63) is 119 Å². The lowest BCUT2D eigenvalue weighted by molar-refractivity contribution is 0.199. The maximum absolute atomic E-state index is 3.00. The van der Waals surface area contributed by atoms with Crippen molar-refractivity contribution in [1.29, 1.82) is 0 Å². The highest BCUT2D eigenvalue weighted by molar-refractivity contribution is 7.26. The summed E-state index contributed by atoms with van der Waals surface area (Å²) in [5, 5.41) is 2.77. The molecule has 0 amide bonds. The molecule has 3 aliphatic heterocycles. The first-order valence-electron chi connectivity index (χ1n) is 21.1. The van der Waals surface area contributed by atoms with Crippen LogP contribution in [0.15, 0.2) is 97.1 Å². The summed E-state index contributed by atoms with van der Waals surface area (Å²) in [5.74, 6) is 0. The van der Waals surface area contributed by atoms with Gasteiger partial charge in [-0.05, 0) is 116 Å². The zero-order chi connectivity index (χ0) is 39.3. The number of benzene rings is 5. The minimum Gasteiger partial charge on any atom is -0.400 e. The van der Waals surface area contributed by atoms with E-state index in [1.54, 1.807) is 5.56 Å². The Morgan fingerprint density at radius 3 is 1.93 bits per heavy atom. The van der Waals surface area contributed by atoms with E-state index in [-0.39, 0.29) is 34.0 Å². The Kier molecular flexibility index (Phi) is 7.51. The monoisotopic (exact) mass is 752 g/mol. The molecule has 2 unspecified atom stereocenters. The molecule has 1 fully saturated rings. The average Bonchev–Trinajstić information content (AvgIpc) is 3.63. The van der Waals surface area contributed by atoms with Crippen LogP contribution in [0, 0.1) is 0 Å². The molecule has 1 saturated carbocycles. The largest absolute Gasteiger partial charge is 0.400 e. The van der Waals surface area contributed by atoms with E-state index in [2.05, 4.69) is 183 Å². The normalized spacial score (nSPS) is 21.2. The summed E-state index contributed by atoms with van der Waals surface area (Å²) in [6, 6.07) is 38.2. The van der Waals surface area contributed by atoms with Crippen LogP contribution in [0.25, 0.3) is 32.3 Å². The summed E-state index contributed by atoms with van der Waals surface area (Å²) < 4.78 is 1.37. The third kappa shape index (κ3) is 4.87. The smallest absolute Gasteiger partial charge is 0.330 e. The number of thiophene rings is 1. The molecule has 56 heavy (non-hydrogen) atoms. The molecule has 5 aromatic carbocycles. The van der Waals surface area contributed by atoms with E-state index in [1.807, 2.05) is 11.3 Å². The molecule has 0 N–H and O–H groups in total. The van der Waals surface area contributed by atoms with Gasteiger partial charge in [-0.3, -0.25) is 0 Å². The highest BCUT2D eigenvalue weighted by atomic mass is 32.1. The van der Waals surface area contributed by atoms with Gasteiger partial charge in [0.15, 0.2) is 0 Å². The first kappa shape index (κ1) is 36.1. The molecular formula is C52H57BN2S. The van der Waals surface area contributed by atoms with Crippen molar-refractivity contribution in [3.8, 4) is 22.3 Å². The molecule has 6 aromatic rings. The first-order valence-corrected chi connectivity index (χ1v) is 21.9. The van der Waals surface area contributed by atoms with Crippen molar-refractivity contribution < 1.29 is 0 Å². The molecule has 0 radical (unpaired) electrons. The van der Waals surface area contributed by atoms with Crippen LogP contribution in [0.3, 0.4) is 0 Å². The van der Waals surface area contributed by atoms with Crippen molar-refractivity contribution in [2.24, 2.45) is 0 Å². The number of fused-ring (bicyclic) bond motifs is 9. The van der Waals surface area contributed by atoms with Gasteiger partial charge in [0.1, 0.15) is 0 Å². The van der Waals surface area contributed by atoms with Crippen molar-refractivity contribution in [1.82, 2.24) is 0 Å². The van der Waals surface area contributed by atoms with Crippen molar-refractivity contribution in [3.63, 3.8) is 0 Å². The fourth-order valence-corrected chi connectivity index (χ4v) is 12.2. The van der Waals surface area contributed by atoms with Crippen LogP contribution in [-0.4, -0.2) is 12.4 Å². The standard InChI is InChI=1S/C52H57BN2S/c1-48(2,3)33-23-24-41(37(27-33)32-19-13-12-14-20-32)54-42-31-35(50(7,8)9)28-38-39-29-34(49(4,5)6)30-40-46(39)55(52(11)26-18-17-25-51(40,52)10)53(44(38)42)45-36-21-15-16-22-43(36)56-47(45)54/h12-16,19-24,27-31H,17-18,25-26H2,1-11H3. The molecule has 2 nitrogen and oxygen atoms in total. The van der Waals surface area contributed by atoms with Crippen molar-refractivity contribution in [2.75, 3.05) is 9.71 Å². The lowest BCUT2D eigenvalue weighted by Gasteiger charge is -2.55. The Balaban J connectivity index is 1.38. The Labute approximate surface area is 340 Å². The maximum atomic E-state index is 3.00. The van der Waals surface area contributed by atoms with E-state index in [9.17, 15) is 0 Å². The zero-order valence-electron chi connectivity index (χ0n) is 35.4. The summed E-state index contributed by atoms with van der Waals surface area (Å²) in [5.41, 5.74) is 18.3. The van der Waals surface area contributed by atoms with E-state index in [0.717, 1.165) is 0 Å². The second-order valence-corrected chi connectivity index (χ2v) is 22.0. The minimum absolute atomic E-state index is 0.0206. The summed E-state index contributed by atoms with van der Waals surface area (Å²) >= 11 is 1.99. The first-order chi connectivity index (χ1) is 26.4. The molecular weight excluding hydrogens is 695 g/mol. The van der Waals surface area contributed by atoms with Crippen molar-refractivity contribution in [2.45, 2.75) is 129 Å². The third-order valence-electron chi connectivity index (χ3n) is 14.5. The van der Waals surface area contributed by atoms with Gasteiger partial charge in [-0.2, -0.15) is 0 Å². The maximum Gasteiger partial charge on any atom is 0.330 e. The zero-order valence-corrected chi connectivity index (χ0v) is 36.3. The molecule has 4 heteroatoms. The average molecular weight is 753 g/mol. The summed E-state index contributed by atoms with van der Waals surface area (Å²) in [4.78, 5) is 5.71. The van der Waals surface area contributed by atoms with Gasteiger partial charge in [-0.25, -0.2) is 0 Å². The lowest BCUT2D eigenvalue weighted by atomic mass is 9.42. The fourth-order valence-electron chi connectivity index (χ4n) is 11.0. The van der Waals surface area contributed by atoms with E-state index >= 15 is 0 Å². The van der Waals surface area contributed by atoms with Crippen LogP contribution in [0.5, 0.6) is 0 Å². The Morgan fingerprint density at radius 1 is 0.589 bits per heavy atom. The van der Waals surface area contributed by atoms with E-state index in [0.29, 0.717) is 0 Å². The number of hydrogen-bond donors (Lipinski definition) is 0. The number of nitrogens with zero attached hydrogens (tertiary/aromatic N) is 2. The highest BCUT2D eigenvalue weighted by Crippen LogP contribution is 2.64. The molecule has 10 rings (SSSR count). The van der Waals surface area contributed by atoms with Gasteiger partial charge in [-0.1, -0.05) is 149 Å². The van der Waals surface area contributed by atoms with E-state index < -0.39 is 0 Å². The van der Waals surface area contributed by atoms with Gasteiger partial charge >= 0.3 is 6.85 Å². The Hall–Kier alpha value is -4.28. The molecule has 1 aromatic heterocycles. The van der Waals surface area contributed by atoms with Crippen LogP contribution in [-0.2, 0) is 21.7 Å². The van der Waals surface area contributed by atoms with Gasteiger partial charge in [0.25, 0.3) is 0 Å². The van der Waals surface area contributed by atoms with Gasteiger partial charge < -0.3 is 9.71 Å². The van der Waals surface area contributed by atoms with Gasteiger partial charge in [0, 0.05) is 38.2 Å². The van der Waals surface area contributed by atoms with Gasteiger partial charge in [-0.15, -0.1) is 11.3 Å². The molecule has 4 aliphatic rings. The number of anilines is 4. The number of hydrogen-bond acceptors (Lipinski definition) is 3. The predicted octanol–water partition coefficient (Wildman–Crippen LogP) is 13.4. The molecule has 284 valence electrons. The third-order valence-corrected chi connectivity index (χ3v) is 15.7. The molecule has 0 saturated heterocycles. The van der Waals surface area contributed by atoms with Crippen molar-refractivity contribution >= 4 is 61.3 Å². The Bertz CT molecular complexity index is 2600. The molecule has 0 bridgehead atoms. The van der Waals surface area contributed by atoms with Crippen LogP contribution < -0.4 is 20.6 Å². The van der Waals surface area contributed by atoms with E-state index in [4.69, 9.17) is 0 Å². The highest BCUT2D eigenvalue weighted by Gasteiger charge is 2.63. The van der Waals surface area contributed by atoms with Crippen LogP contribution in [0.2, 0.25) is 0 Å². The molecule has 4 heterocycles. The fraction of sp³-hybridized carbons (Fsp3) is 0.385. The second kappa shape index (κ2) is 11.7. The minimum atomic E-state index is -0.0423.